The first-order valence-electron chi connectivity index (χ1n) is 3.20. The minimum Gasteiger partial charge on any atom is -0.221 e. The van der Waals surface area contributed by atoms with Crippen molar-refractivity contribution in [3.05, 3.63) is 0 Å². The molecule has 0 aliphatic rings. The molecule has 1 aromatic heterocycles. The molecular weight excluding hydrogens is 216 g/mol. The summed E-state index contributed by atoms with van der Waals surface area (Å²) in [5.41, 5.74) is 0. The zero-order valence-corrected chi connectivity index (χ0v) is 9.09. The summed E-state index contributed by atoms with van der Waals surface area (Å²) in [6.07, 6.45) is 1.13. The molecule has 7 heteroatoms. The van der Waals surface area contributed by atoms with Crippen LogP contribution in [-0.4, -0.2) is 30.6 Å². The second-order valence-corrected chi connectivity index (χ2v) is 6.72. The second-order valence-electron chi connectivity index (χ2n) is 2.04. The Hall–Kier alpha value is -0.140. The Morgan fingerprint density at radius 2 is 2.17 bits per heavy atom. The van der Waals surface area contributed by atoms with Gasteiger partial charge in [-0.1, -0.05) is 30.0 Å². The van der Waals surface area contributed by atoms with Crippen LogP contribution >= 0.6 is 23.1 Å². The van der Waals surface area contributed by atoms with Crippen molar-refractivity contribution < 1.29 is 8.42 Å². The quantitative estimate of drug-likeness (QED) is 0.718. The minimum absolute atomic E-state index is 0.0958. The highest BCUT2D eigenvalue weighted by molar-refractivity contribution is 8.01. The number of rotatable bonds is 3. The molecule has 1 aromatic rings. The van der Waals surface area contributed by atoms with E-state index in [1.54, 1.807) is 0 Å². The van der Waals surface area contributed by atoms with E-state index in [2.05, 4.69) is 10.2 Å². The van der Waals surface area contributed by atoms with Gasteiger partial charge in [-0.15, -0.1) is 10.2 Å². The number of aromatic nitrogens is 2. The Morgan fingerprint density at radius 3 is 2.58 bits per heavy atom. The van der Waals surface area contributed by atoms with Crippen LogP contribution in [0.15, 0.2) is 8.68 Å². The maximum Gasteiger partial charge on any atom is 0.233 e. The number of hydrogen-bond acceptors (Lipinski definition) is 6. The summed E-state index contributed by atoms with van der Waals surface area (Å²) in [5, 5.41) is 7.29. The molecule has 0 aromatic carbocycles. The third kappa shape index (κ3) is 2.43. The average molecular weight is 224 g/mol. The summed E-state index contributed by atoms with van der Waals surface area (Å²) < 4.78 is 22.7. The molecule has 0 N–H and O–H groups in total. The van der Waals surface area contributed by atoms with Crippen LogP contribution in [-0.2, 0) is 9.84 Å². The maximum absolute atomic E-state index is 10.9. The molecule has 0 aliphatic heterocycles. The van der Waals surface area contributed by atoms with Crippen LogP contribution in [0.25, 0.3) is 0 Å². The van der Waals surface area contributed by atoms with Crippen molar-refractivity contribution in [1.82, 2.24) is 10.2 Å². The van der Waals surface area contributed by atoms with E-state index < -0.39 is 9.84 Å². The van der Waals surface area contributed by atoms with Crippen molar-refractivity contribution in [3.63, 3.8) is 0 Å². The molecule has 0 aliphatic carbocycles. The van der Waals surface area contributed by atoms with E-state index in [1.165, 1.54) is 11.8 Å². The van der Waals surface area contributed by atoms with Gasteiger partial charge < -0.3 is 0 Å². The fourth-order valence-electron chi connectivity index (χ4n) is 0.529. The number of sulfone groups is 1. The minimum atomic E-state index is -3.17. The summed E-state index contributed by atoms with van der Waals surface area (Å²) in [7, 11) is -3.17. The van der Waals surface area contributed by atoms with Gasteiger partial charge >= 0.3 is 0 Å². The smallest absolute Gasteiger partial charge is 0.221 e. The molecule has 0 saturated heterocycles. The molecule has 0 saturated carbocycles. The van der Waals surface area contributed by atoms with Crippen molar-refractivity contribution in [1.29, 1.82) is 0 Å². The van der Waals surface area contributed by atoms with E-state index in [0.29, 0.717) is 4.34 Å². The summed E-state index contributed by atoms with van der Waals surface area (Å²) in [5.74, 6) is 0.873. The van der Waals surface area contributed by atoms with Gasteiger partial charge in [0.05, 0.1) is 0 Å². The highest BCUT2D eigenvalue weighted by Crippen LogP contribution is 2.24. The Labute approximate surface area is 79.3 Å². The van der Waals surface area contributed by atoms with Crippen LogP contribution in [0.2, 0.25) is 0 Å². The van der Waals surface area contributed by atoms with Gasteiger partial charge in [-0.3, -0.25) is 0 Å². The lowest BCUT2D eigenvalue weighted by atomic mass is 11.0. The largest absolute Gasteiger partial charge is 0.233 e. The predicted molar refractivity (Wildman–Crippen MR) is 49.4 cm³/mol. The SMILES string of the molecule is CCSc1nnc(S(C)(=O)=O)s1. The third-order valence-corrected chi connectivity index (χ3v) is 4.58. The maximum atomic E-state index is 10.9. The van der Waals surface area contributed by atoms with Gasteiger partial charge in [0.2, 0.25) is 14.2 Å². The third-order valence-electron chi connectivity index (χ3n) is 0.973. The molecular formula is C5H8N2O2S3. The number of nitrogens with zero attached hydrogens (tertiary/aromatic N) is 2. The Bertz CT molecular complexity index is 357. The van der Waals surface area contributed by atoms with Crippen molar-refractivity contribution in [3.8, 4) is 0 Å². The lowest BCUT2D eigenvalue weighted by molar-refractivity contribution is 0.599. The summed E-state index contributed by atoms with van der Waals surface area (Å²) in [4.78, 5) is 0. The zero-order chi connectivity index (χ0) is 9.19. The van der Waals surface area contributed by atoms with E-state index in [4.69, 9.17) is 0 Å². The van der Waals surface area contributed by atoms with Gasteiger partial charge in [-0.05, 0) is 5.75 Å². The zero-order valence-electron chi connectivity index (χ0n) is 6.64. The first-order valence-corrected chi connectivity index (χ1v) is 6.89. The van der Waals surface area contributed by atoms with Crippen LogP contribution in [0.1, 0.15) is 6.92 Å². The van der Waals surface area contributed by atoms with E-state index >= 15 is 0 Å². The van der Waals surface area contributed by atoms with E-state index in [0.717, 1.165) is 23.3 Å². The van der Waals surface area contributed by atoms with E-state index in [1.807, 2.05) is 6.92 Å². The Morgan fingerprint density at radius 1 is 1.50 bits per heavy atom. The number of hydrogen-bond donors (Lipinski definition) is 0. The van der Waals surface area contributed by atoms with Gasteiger partial charge in [0, 0.05) is 6.26 Å². The fraction of sp³-hybridized carbons (Fsp3) is 0.600. The molecule has 1 rings (SSSR count). The molecule has 68 valence electrons. The molecule has 0 bridgehead atoms. The average Bonchev–Trinajstić information content (AvgIpc) is 2.35. The van der Waals surface area contributed by atoms with Gasteiger partial charge in [0.1, 0.15) is 0 Å². The fourth-order valence-corrected chi connectivity index (χ4v) is 3.20. The molecule has 0 radical (unpaired) electrons. The highest BCUT2D eigenvalue weighted by atomic mass is 32.2. The van der Waals surface area contributed by atoms with Crippen molar-refractivity contribution in [2.45, 2.75) is 15.6 Å². The van der Waals surface area contributed by atoms with E-state index in [-0.39, 0.29) is 4.34 Å². The first-order chi connectivity index (χ1) is 5.54. The van der Waals surface area contributed by atoms with Crippen LogP contribution in [0.5, 0.6) is 0 Å². The normalized spacial score (nSPS) is 11.8. The molecule has 0 spiro atoms. The lowest BCUT2D eigenvalue weighted by Crippen LogP contribution is -1.95. The monoisotopic (exact) mass is 224 g/mol. The Kier molecular flexibility index (Phi) is 3.08. The predicted octanol–water partition coefficient (Wildman–Crippen LogP) is 1.05. The summed E-state index contributed by atoms with van der Waals surface area (Å²) >= 11 is 2.61. The van der Waals surface area contributed by atoms with Crippen LogP contribution < -0.4 is 0 Å². The summed E-state index contributed by atoms with van der Waals surface area (Å²) in [6.45, 7) is 1.98. The van der Waals surface area contributed by atoms with Gasteiger partial charge in [0.15, 0.2) is 4.34 Å². The standard InChI is InChI=1S/C5H8N2O2S3/c1-3-10-4-6-7-5(11-4)12(2,8)9/h3H2,1-2H3. The van der Waals surface area contributed by atoms with E-state index in [9.17, 15) is 8.42 Å². The molecule has 0 amide bonds. The van der Waals surface area contributed by atoms with Crippen molar-refractivity contribution in [2.75, 3.05) is 12.0 Å². The molecule has 12 heavy (non-hydrogen) atoms. The molecule has 0 fully saturated rings. The highest BCUT2D eigenvalue weighted by Gasteiger charge is 2.13. The Balaban J connectivity index is 2.92. The molecule has 0 unspecified atom stereocenters. The van der Waals surface area contributed by atoms with Crippen molar-refractivity contribution >= 4 is 32.9 Å². The molecule has 4 nitrogen and oxygen atoms in total. The molecule has 1 heterocycles. The topological polar surface area (TPSA) is 59.9 Å². The van der Waals surface area contributed by atoms with Gasteiger partial charge in [-0.25, -0.2) is 8.42 Å². The van der Waals surface area contributed by atoms with Gasteiger partial charge in [0.25, 0.3) is 0 Å². The lowest BCUT2D eigenvalue weighted by Gasteiger charge is -1.85. The van der Waals surface area contributed by atoms with Crippen LogP contribution in [0.3, 0.4) is 0 Å². The summed E-state index contributed by atoms with van der Waals surface area (Å²) in [6, 6.07) is 0. The molecule has 0 atom stereocenters. The first kappa shape index (κ1) is 9.94. The van der Waals surface area contributed by atoms with Crippen LogP contribution in [0.4, 0.5) is 0 Å². The van der Waals surface area contributed by atoms with Gasteiger partial charge in [-0.2, -0.15) is 0 Å². The second kappa shape index (κ2) is 3.71. The number of thioether (sulfide) groups is 1. The van der Waals surface area contributed by atoms with Crippen LogP contribution in [0, 0.1) is 0 Å². The van der Waals surface area contributed by atoms with Crippen molar-refractivity contribution in [2.24, 2.45) is 0 Å².